The molecule has 2 N–H and O–H groups in total. The Bertz CT molecular complexity index is 1390. The zero-order valence-electron chi connectivity index (χ0n) is 26.6. The third-order valence-corrected chi connectivity index (χ3v) is 8.43. The molecule has 2 saturated heterocycles. The lowest BCUT2D eigenvalue weighted by Crippen LogP contribution is -2.47. The van der Waals surface area contributed by atoms with E-state index in [1.54, 1.807) is 11.1 Å². The van der Waals surface area contributed by atoms with Crippen LogP contribution in [0.25, 0.3) is 22.2 Å². The first-order valence-electron chi connectivity index (χ1n) is 16.3. The van der Waals surface area contributed by atoms with Crippen LogP contribution in [-0.4, -0.2) is 82.7 Å². The molecular formula is C35H48N6O3. The molecule has 0 unspecified atom stereocenters. The normalized spacial score (nSPS) is 16.6. The van der Waals surface area contributed by atoms with Crippen molar-refractivity contribution < 1.29 is 14.3 Å². The zero-order chi connectivity index (χ0) is 30.9. The van der Waals surface area contributed by atoms with Gasteiger partial charge in [-0.15, -0.1) is 0 Å². The van der Waals surface area contributed by atoms with Crippen LogP contribution in [0.1, 0.15) is 71.3 Å². The molecule has 9 heteroatoms. The minimum Gasteiger partial charge on any atom is -0.444 e. The molecule has 0 bridgehead atoms. The third-order valence-electron chi connectivity index (χ3n) is 8.43. The number of ether oxygens (including phenoxy) is 1. The highest BCUT2D eigenvalue weighted by Gasteiger charge is 2.27. The van der Waals surface area contributed by atoms with E-state index in [0.29, 0.717) is 25.9 Å². The van der Waals surface area contributed by atoms with Gasteiger partial charge in [0.1, 0.15) is 5.60 Å². The second-order valence-corrected chi connectivity index (χ2v) is 13.1. The fraction of sp³-hybridized carbons (Fsp3) is 0.543. The van der Waals surface area contributed by atoms with Crippen LogP contribution in [0.2, 0.25) is 0 Å². The van der Waals surface area contributed by atoms with Gasteiger partial charge < -0.3 is 25.2 Å². The molecule has 3 aromatic rings. The van der Waals surface area contributed by atoms with E-state index in [9.17, 15) is 9.59 Å². The summed E-state index contributed by atoms with van der Waals surface area (Å²) in [5, 5.41) is 7.84. The lowest BCUT2D eigenvalue weighted by Gasteiger charge is -2.33. The molecule has 2 fully saturated rings. The van der Waals surface area contributed by atoms with Gasteiger partial charge in [-0.1, -0.05) is 30.7 Å². The molecule has 2 aromatic heterocycles. The van der Waals surface area contributed by atoms with E-state index in [1.807, 2.05) is 33.0 Å². The largest absolute Gasteiger partial charge is 0.444 e. The molecule has 0 spiro atoms. The highest BCUT2D eigenvalue weighted by Crippen LogP contribution is 2.28. The quantitative estimate of drug-likeness (QED) is 0.274. The van der Waals surface area contributed by atoms with Crippen LogP contribution in [0, 0.1) is 0 Å². The number of aryl methyl sites for hydroxylation is 1. The van der Waals surface area contributed by atoms with Crippen molar-refractivity contribution in [3.8, 4) is 11.3 Å². The molecule has 0 atom stereocenters. The van der Waals surface area contributed by atoms with Gasteiger partial charge >= 0.3 is 6.09 Å². The Hall–Kier alpha value is -3.72. The maximum atomic E-state index is 12.7. The van der Waals surface area contributed by atoms with Crippen LogP contribution < -0.4 is 10.6 Å². The van der Waals surface area contributed by atoms with Gasteiger partial charge in [0.05, 0.1) is 11.2 Å². The maximum absolute atomic E-state index is 12.7. The lowest BCUT2D eigenvalue weighted by atomic mass is 10.0. The Morgan fingerprint density at radius 2 is 1.75 bits per heavy atom. The van der Waals surface area contributed by atoms with Gasteiger partial charge in [0, 0.05) is 61.1 Å². The summed E-state index contributed by atoms with van der Waals surface area (Å²) in [7, 11) is 0. The lowest BCUT2D eigenvalue weighted by molar-refractivity contribution is -0.122. The molecule has 44 heavy (non-hydrogen) atoms. The first-order valence-corrected chi connectivity index (χ1v) is 16.3. The highest BCUT2D eigenvalue weighted by molar-refractivity contribution is 5.93. The van der Waals surface area contributed by atoms with Crippen LogP contribution >= 0.6 is 0 Å². The fourth-order valence-corrected chi connectivity index (χ4v) is 6.00. The van der Waals surface area contributed by atoms with Crippen LogP contribution in [0.5, 0.6) is 0 Å². The Kier molecular flexibility index (Phi) is 10.7. The fourth-order valence-electron chi connectivity index (χ4n) is 6.00. The molecule has 5 rings (SSSR count). The number of hydrogen-bond acceptors (Lipinski definition) is 7. The number of nitrogens with zero attached hydrogens (tertiary/aromatic N) is 4. The van der Waals surface area contributed by atoms with Crippen LogP contribution in [0.3, 0.4) is 0 Å². The number of aromatic nitrogens is 2. The van der Waals surface area contributed by atoms with Crippen molar-refractivity contribution in [2.45, 2.75) is 83.8 Å². The molecule has 0 saturated carbocycles. The molecular weight excluding hydrogens is 552 g/mol. The SMILES string of the molecule is CC(C)(C)OC(=O)N1CCC(NC(=O)CCc2ccc(-c3cc(NCCCN4CCCCC4)c4cnccc4n3)cc2)CC1. The van der Waals surface area contributed by atoms with E-state index in [2.05, 4.69) is 50.8 Å². The molecule has 4 heterocycles. The minimum absolute atomic E-state index is 0.0469. The number of anilines is 1. The molecule has 0 aliphatic carbocycles. The standard InChI is InChI=1S/C35H48N6O3/c1-35(2,3)44-34(43)41-22-15-28(16-23-41)38-33(42)13-10-26-8-11-27(12-9-26)31-24-32(29-25-36-18-14-30(29)39-31)37-17-7-21-40-19-5-4-6-20-40/h8-9,11-12,14,18,24-25,28H,4-7,10,13,15-17,19-23H2,1-3H3,(H,37,39)(H,38,42). The Labute approximate surface area is 261 Å². The second-order valence-electron chi connectivity index (χ2n) is 13.1. The van der Waals surface area contributed by atoms with Gasteiger partial charge in [0.2, 0.25) is 5.91 Å². The Balaban J connectivity index is 1.11. The number of rotatable bonds is 10. The van der Waals surface area contributed by atoms with Crippen molar-refractivity contribution in [1.29, 1.82) is 0 Å². The summed E-state index contributed by atoms with van der Waals surface area (Å²) in [5.74, 6) is 0.0469. The topological polar surface area (TPSA) is 99.7 Å². The molecule has 236 valence electrons. The van der Waals surface area contributed by atoms with Gasteiger partial charge in [-0.2, -0.15) is 0 Å². The third kappa shape index (κ3) is 9.14. The van der Waals surface area contributed by atoms with Crippen LogP contribution in [0.4, 0.5) is 10.5 Å². The first-order chi connectivity index (χ1) is 21.2. The minimum atomic E-state index is -0.504. The number of fused-ring (bicyclic) bond motifs is 1. The van der Waals surface area contributed by atoms with Gasteiger partial charge in [-0.3, -0.25) is 9.78 Å². The number of carbonyl (C=O) groups is 2. The number of piperidine rings is 2. The van der Waals surface area contributed by atoms with Crippen molar-refractivity contribution >= 4 is 28.6 Å². The predicted molar refractivity (Wildman–Crippen MR) is 176 cm³/mol. The molecule has 9 nitrogen and oxygen atoms in total. The summed E-state index contributed by atoms with van der Waals surface area (Å²) in [6.07, 6.45) is 11.1. The van der Waals surface area contributed by atoms with E-state index < -0.39 is 5.60 Å². The van der Waals surface area contributed by atoms with Gasteiger partial charge in [0.25, 0.3) is 0 Å². The van der Waals surface area contributed by atoms with E-state index >= 15 is 0 Å². The van der Waals surface area contributed by atoms with Crippen molar-refractivity contribution in [3.05, 3.63) is 54.4 Å². The number of amides is 2. The van der Waals surface area contributed by atoms with E-state index in [0.717, 1.165) is 65.8 Å². The molecule has 2 aliphatic rings. The Morgan fingerprint density at radius 1 is 1.00 bits per heavy atom. The van der Waals surface area contributed by atoms with Crippen molar-refractivity contribution in [3.63, 3.8) is 0 Å². The number of likely N-dealkylation sites (tertiary alicyclic amines) is 2. The molecule has 0 radical (unpaired) electrons. The van der Waals surface area contributed by atoms with Gasteiger partial charge in [0.15, 0.2) is 0 Å². The highest BCUT2D eigenvalue weighted by atomic mass is 16.6. The summed E-state index contributed by atoms with van der Waals surface area (Å²) in [4.78, 5) is 38.6. The average molecular weight is 601 g/mol. The summed E-state index contributed by atoms with van der Waals surface area (Å²) in [6.45, 7) is 11.3. The van der Waals surface area contributed by atoms with Crippen LogP contribution in [0.15, 0.2) is 48.8 Å². The molecule has 2 aliphatic heterocycles. The van der Waals surface area contributed by atoms with E-state index in [-0.39, 0.29) is 18.0 Å². The summed E-state index contributed by atoms with van der Waals surface area (Å²) in [5.41, 5.74) is 4.57. The first kappa shape index (κ1) is 31.7. The maximum Gasteiger partial charge on any atom is 0.410 e. The van der Waals surface area contributed by atoms with Crippen molar-refractivity contribution in [2.75, 3.05) is 44.6 Å². The smallest absolute Gasteiger partial charge is 0.410 e. The number of carbonyl (C=O) groups excluding carboxylic acids is 2. The van der Waals surface area contributed by atoms with E-state index in [4.69, 9.17) is 9.72 Å². The summed E-state index contributed by atoms with van der Waals surface area (Å²) >= 11 is 0. The van der Waals surface area contributed by atoms with Gasteiger partial charge in [-0.25, -0.2) is 9.78 Å². The zero-order valence-corrected chi connectivity index (χ0v) is 26.6. The molecule has 1 aromatic carbocycles. The number of pyridine rings is 2. The summed E-state index contributed by atoms with van der Waals surface area (Å²) in [6, 6.07) is 12.5. The molecule has 2 amide bonds. The Morgan fingerprint density at radius 3 is 2.48 bits per heavy atom. The van der Waals surface area contributed by atoms with Crippen molar-refractivity contribution in [1.82, 2.24) is 25.1 Å². The van der Waals surface area contributed by atoms with Crippen molar-refractivity contribution in [2.24, 2.45) is 0 Å². The van der Waals surface area contributed by atoms with Crippen LogP contribution in [-0.2, 0) is 16.0 Å². The predicted octanol–water partition coefficient (Wildman–Crippen LogP) is 6.03. The van der Waals surface area contributed by atoms with Gasteiger partial charge in [-0.05, 0) is 96.6 Å². The number of hydrogen-bond donors (Lipinski definition) is 2. The van der Waals surface area contributed by atoms with E-state index in [1.165, 1.54) is 32.4 Å². The summed E-state index contributed by atoms with van der Waals surface area (Å²) < 4.78 is 5.47. The number of benzene rings is 1. The number of nitrogens with one attached hydrogen (secondary N) is 2. The average Bonchev–Trinajstić information content (AvgIpc) is 3.02. The second kappa shape index (κ2) is 14.8. The monoisotopic (exact) mass is 600 g/mol.